The van der Waals surface area contributed by atoms with Crippen LogP contribution in [0.25, 0.3) is 33.2 Å². The van der Waals surface area contributed by atoms with Gasteiger partial charge in [-0.2, -0.15) is 0 Å². The maximum absolute atomic E-state index is 15.5. The van der Waals surface area contributed by atoms with E-state index in [2.05, 4.69) is 34.3 Å². The molecule has 6 nitrogen and oxygen atoms in total. The summed E-state index contributed by atoms with van der Waals surface area (Å²) in [7, 11) is 0. The zero-order valence-electron chi connectivity index (χ0n) is 18.4. The van der Waals surface area contributed by atoms with Crippen molar-refractivity contribution in [3.63, 3.8) is 0 Å². The van der Waals surface area contributed by atoms with Crippen molar-refractivity contribution in [3.8, 4) is 17.0 Å². The highest BCUT2D eigenvalue weighted by Gasteiger charge is 2.47. The first kappa shape index (κ1) is 21.1. The van der Waals surface area contributed by atoms with Gasteiger partial charge in [0.15, 0.2) is 5.65 Å². The molecule has 0 amide bonds. The average Bonchev–Trinajstić information content (AvgIpc) is 3.13. The summed E-state index contributed by atoms with van der Waals surface area (Å²) in [5.74, 6) is 0.0472. The third-order valence-corrected chi connectivity index (χ3v) is 6.64. The first-order valence-corrected chi connectivity index (χ1v) is 11.0. The molecule has 3 aromatic heterocycles. The minimum Gasteiger partial charge on any atom is -0.507 e. The van der Waals surface area contributed by atoms with E-state index in [9.17, 15) is 5.11 Å². The molecule has 0 unspecified atom stereocenters. The number of piperidine rings is 1. The van der Waals surface area contributed by atoms with E-state index in [4.69, 9.17) is 11.6 Å². The molecule has 0 saturated carbocycles. The molecule has 1 aliphatic heterocycles. The van der Waals surface area contributed by atoms with Crippen LogP contribution >= 0.6 is 11.6 Å². The largest absolute Gasteiger partial charge is 0.507 e. The van der Waals surface area contributed by atoms with E-state index < -0.39 is 11.7 Å². The van der Waals surface area contributed by atoms with Gasteiger partial charge in [0.05, 0.1) is 22.3 Å². The number of phenols is 1. The van der Waals surface area contributed by atoms with Crippen molar-refractivity contribution in [3.05, 3.63) is 47.7 Å². The molecule has 0 radical (unpaired) electrons. The highest BCUT2D eigenvalue weighted by atomic mass is 35.5. The van der Waals surface area contributed by atoms with E-state index in [1.54, 1.807) is 24.4 Å². The van der Waals surface area contributed by atoms with Gasteiger partial charge in [0.1, 0.15) is 11.9 Å². The summed E-state index contributed by atoms with van der Waals surface area (Å²) in [5, 5.41) is 24.9. The second-order valence-corrected chi connectivity index (χ2v) is 10.2. The molecule has 1 fully saturated rings. The zero-order valence-corrected chi connectivity index (χ0v) is 19.2. The van der Waals surface area contributed by atoms with Gasteiger partial charge in [0.2, 0.25) is 0 Å². The molecule has 0 spiro atoms. The highest BCUT2D eigenvalue weighted by molar-refractivity contribution is 6.35. The molecule has 2 atom stereocenters. The normalized spacial score (nSPS) is 22.4. The number of nitrogens with zero attached hydrogens (tertiary/aromatic N) is 4. The third-order valence-electron chi connectivity index (χ3n) is 6.31. The molecule has 2 N–H and O–H groups in total. The van der Waals surface area contributed by atoms with Gasteiger partial charge in [0.25, 0.3) is 0 Å². The van der Waals surface area contributed by atoms with Crippen molar-refractivity contribution in [1.29, 1.82) is 0 Å². The summed E-state index contributed by atoms with van der Waals surface area (Å²) >= 11 is 6.31. The Bertz CT molecular complexity index is 1350. The van der Waals surface area contributed by atoms with Crippen molar-refractivity contribution in [1.82, 2.24) is 25.1 Å². The van der Waals surface area contributed by atoms with Gasteiger partial charge in [-0.3, -0.25) is 4.98 Å². The summed E-state index contributed by atoms with van der Waals surface area (Å²) in [6.45, 7) is 7.96. The van der Waals surface area contributed by atoms with Crippen LogP contribution in [0.5, 0.6) is 5.75 Å². The predicted octanol–water partition coefficient (Wildman–Crippen LogP) is 5.44. The Balaban J connectivity index is 1.59. The van der Waals surface area contributed by atoms with Crippen LogP contribution < -0.4 is 5.32 Å². The monoisotopic (exact) mass is 453 g/mol. The Morgan fingerprint density at radius 3 is 2.72 bits per heavy atom. The summed E-state index contributed by atoms with van der Waals surface area (Å²) in [6, 6.07) is 8.44. The van der Waals surface area contributed by atoms with Crippen LogP contribution in [-0.2, 0) is 0 Å². The molecule has 4 heterocycles. The minimum absolute atomic E-state index is 0.0472. The van der Waals surface area contributed by atoms with E-state index in [1.807, 2.05) is 36.7 Å². The Hall–Kier alpha value is -2.77. The Kier molecular flexibility index (Phi) is 4.69. The van der Waals surface area contributed by atoms with Crippen LogP contribution in [0.2, 0.25) is 5.02 Å². The first-order chi connectivity index (χ1) is 15.1. The van der Waals surface area contributed by atoms with Crippen molar-refractivity contribution in [2.75, 3.05) is 0 Å². The van der Waals surface area contributed by atoms with Gasteiger partial charge >= 0.3 is 0 Å². The summed E-state index contributed by atoms with van der Waals surface area (Å²) in [5.41, 5.74) is 1.36. The van der Waals surface area contributed by atoms with Gasteiger partial charge in [-0.15, -0.1) is 10.2 Å². The third kappa shape index (κ3) is 3.40. The summed E-state index contributed by atoms with van der Waals surface area (Å²) in [6.07, 6.45) is 3.01. The number of aromatic nitrogens is 4. The minimum atomic E-state index is -1.09. The van der Waals surface area contributed by atoms with Crippen LogP contribution in [0.15, 0.2) is 42.7 Å². The van der Waals surface area contributed by atoms with E-state index in [0.29, 0.717) is 33.9 Å². The quantitative estimate of drug-likeness (QED) is 0.423. The smallest absolute Gasteiger partial charge is 0.162 e. The number of rotatable bonds is 2. The number of benzene rings is 1. The molecule has 32 heavy (non-hydrogen) atoms. The lowest BCUT2D eigenvalue weighted by Gasteiger charge is -2.49. The van der Waals surface area contributed by atoms with Crippen LogP contribution in [0.4, 0.5) is 4.39 Å². The van der Waals surface area contributed by atoms with E-state index in [-0.39, 0.29) is 17.3 Å². The fourth-order valence-corrected chi connectivity index (χ4v) is 5.25. The number of phenolic OH excluding ortho intramolecular Hbond substituents is 1. The van der Waals surface area contributed by atoms with E-state index in [1.165, 1.54) is 0 Å². The lowest BCUT2D eigenvalue weighted by molar-refractivity contribution is 0.0313. The average molecular weight is 454 g/mol. The van der Waals surface area contributed by atoms with Gasteiger partial charge in [0, 0.05) is 45.9 Å². The van der Waals surface area contributed by atoms with Crippen molar-refractivity contribution in [2.24, 2.45) is 0 Å². The SMILES string of the molecule is CC1(C)C[C@H](n2ccc3cc(-c4cc5c(Cl)ccnc5cc4O)nnc32)[C@H](F)C(C)(C)N1. The lowest BCUT2D eigenvalue weighted by Crippen LogP contribution is -2.64. The molecule has 8 heteroatoms. The van der Waals surface area contributed by atoms with E-state index in [0.717, 1.165) is 10.8 Å². The zero-order chi connectivity index (χ0) is 22.8. The number of nitrogens with one attached hydrogen (secondary N) is 1. The number of alkyl halides is 1. The van der Waals surface area contributed by atoms with Crippen molar-refractivity contribution in [2.45, 2.75) is 57.4 Å². The number of hydrogen-bond donors (Lipinski definition) is 2. The molecule has 5 rings (SSSR count). The molecular weight excluding hydrogens is 429 g/mol. The molecular formula is C24H25ClFN5O. The Labute approximate surface area is 190 Å². The van der Waals surface area contributed by atoms with Crippen molar-refractivity contribution >= 4 is 33.5 Å². The lowest BCUT2D eigenvalue weighted by atomic mass is 9.78. The number of fused-ring (bicyclic) bond motifs is 2. The number of pyridine rings is 1. The van der Waals surface area contributed by atoms with Gasteiger partial charge < -0.3 is 15.0 Å². The molecule has 1 saturated heterocycles. The molecule has 0 bridgehead atoms. The molecule has 4 aromatic rings. The maximum atomic E-state index is 15.5. The summed E-state index contributed by atoms with van der Waals surface area (Å²) in [4.78, 5) is 4.25. The molecule has 0 aliphatic carbocycles. The predicted molar refractivity (Wildman–Crippen MR) is 125 cm³/mol. The number of halogens is 2. The van der Waals surface area contributed by atoms with Crippen molar-refractivity contribution < 1.29 is 9.50 Å². The second kappa shape index (κ2) is 7.12. The maximum Gasteiger partial charge on any atom is 0.162 e. The molecule has 166 valence electrons. The van der Waals surface area contributed by atoms with Crippen LogP contribution in [0.3, 0.4) is 0 Å². The Morgan fingerprint density at radius 2 is 1.94 bits per heavy atom. The second-order valence-electron chi connectivity index (χ2n) is 9.81. The topological polar surface area (TPSA) is 75.9 Å². The number of aromatic hydroxyl groups is 1. The fraction of sp³-hybridized carbons (Fsp3) is 0.375. The first-order valence-electron chi connectivity index (χ1n) is 10.6. The standard InChI is InChI=1S/C24H25ClFN5O/c1-23(2)12-19(21(26)24(3,4)30-23)31-8-6-13-9-18(28-29-22(13)31)15-10-14-16(25)5-7-27-17(14)11-20(15)32/h5-11,19,21,30,32H,12H2,1-4H3/t19-,21-/m0/s1. The van der Waals surface area contributed by atoms with Crippen LogP contribution in [0.1, 0.15) is 40.2 Å². The van der Waals surface area contributed by atoms with Gasteiger partial charge in [-0.05, 0) is 58.4 Å². The number of hydrogen-bond acceptors (Lipinski definition) is 5. The van der Waals surface area contributed by atoms with Crippen LogP contribution in [0, 0.1) is 0 Å². The Morgan fingerprint density at radius 1 is 1.16 bits per heavy atom. The highest BCUT2D eigenvalue weighted by Crippen LogP contribution is 2.40. The summed E-state index contributed by atoms with van der Waals surface area (Å²) < 4.78 is 17.4. The van der Waals surface area contributed by atoms with E-state index >= 15 is 4.39 Å². The molecule has 1 aliphatic rings. The van der Waals surface area contributed by atoms with Gasteiger partial charge in [-0.25, -0.2) is 4.39 Å². The fourth-order valence-electron chi connectivity index (χ4n) is 5.05. The van der Waals surface area contributed by atoms with Gasteiger partial charge in [-0.1, -0.05) is 11.6 Å². The van der Waals surface area contributed by atoms with Crippen LogP contribution in [-0.4, -0.2) is 42.1 Å². The molecule has 1 aromatic carbocycles.